The van der Waals surface area contributed by atoms with Crippen LogP contribution in [0.3, 0.4) is 0 Å². The van der Waals surface area contributed by atoms with Gasteiger partial charge in [0.15, 0.2) is 0 Å². The minimum absolute atomic E-state index is 0.0665. The van der Waals surface area contributed by atoms with E-state index in [2.05, 4.69) is 5.32 Å². The molecular weight excluding hydrogens is 207 g/mol. The van der Waals surface area contributed by atoms with Gasteiger partial charge < -0.3 is 11.1 Å². The number of carbonyl (C=O) groups excluding carboxylic acids is 1. The first-order chi connectivity index (χ1) is 7.58. The quantitative estimate of drug-likeness (QED) is 0.754. The van der Waals surface area contributed by atoms with Crippen molar-refractivity contribution in [2.75, 3.05) is 6.54 Å². The van der Waals surface area contributed by atoms with E-state index in [1.807, 2.05) is 6.92 Å². The van der Waals surface area contributed by atoms with Crippen LogP contribution in [0.4, 0.5) is 4.39 Å². The van der Waals surface area contributed by atoms with Crippen LogP contribution >= 0.6 is 0 Å². The molecule has 16 heavy (non-hydrogen) atoms. The summed E-state index contributed by atoms with van der Waals surface area (Å²) in [5, 5.41) is 2.64. The Morgan fingerprint density at radius 2 is 2.12 bits per heavy atom. The van der Waals surface area contributed by atoms with Gasteiger partial charge in [0.05, 0.1) is 0 Å². The van der Waals surface area contributed by atoms with Gasteiger partial charge in [-0.1, -0.05) is 12.1 Å². The van der Waals surface area contributed by atoms with Crippen molar-refractivity contribution in [2.45, 2.75) is 13.0 Å². The second kappa shape index (κ2) is 6.02. The Balaban J connectivity index is 2.47. The van der Waals surface area contributed by atoms with Gasteiger partial charge in [-0.2, -0.15) is 0 Å². The van der Waals surface area contributed by atoms with Crippen LogP contribution in [0.2, 0.25) is 0 Å². The predicted octanol–water partition coefficient (Wildman–Crippen LogP) is 1.30. The average molecular weight is 222 g/mol. The molecule has 86 valence electrons. The fourth-order valence-electron chi connectivity index (χ4n) is 1.07. The molecule has 1 amide bonds. The van der Waals surface area contributed by atoms with Gasteiger partial charge in [-0.3, -0.25) is 4.79 Å². The molecule has 1 aromatic carbocycles. The van der Waals surface area contributed by atoms with Crippen molar-refractivity contribution in [3.63, 3.8) is 0 Å². The summed E-state index contributed by atoms with van der Waals surface area (Å²) in [7, 11) is 0. The van der Waals surface area contributed by atoms with Crippen LogP contribution in [-0.2, 0) is 4.79 Å². The summed E-state index contributed by atoms with van der Waals surface area (Å²) in [6.45, 7) is 2.25. The van der Waals surface area contributed by atoms with E-state index in [1.165, 1.54) is 18.2 Å². The second-order valence-corrected chi connectivity index (χ2v) is 3.61. The maximum absolute atomic E-state index is 12.6. The van der Waals surface area contributed by atoms with Crippen molar-refractivity contribution >= 4 is 12.0 Å². The molecule has 1 atom stereocenters. The van der Waals surface area contributed by atoms with Crippen LogP contribution in [0, 0.1) is 5.82 Å². The molecule has 3 N–H and O–H groups in total. The number of hydrogen-bond acceptors (Lipinski definition) is 2. The molecule has 3 nitrogen and oxygen atoms in total. The number of halogens is 1. The summed E-state index contributed by atoms with van der Waals surface area (Å²) in [5.74, 6) is -0.500. The van der Waals surface area contributed by atoms with Crippen molar-refractivity contribution in [3.05, 3.63) is 41.7 Å². The lowest BCUT2D eigenvalue weighted by molar-refractivity contribution is -0.116. The third-order valence-corrected chi connectivity index (χ3v) is 1.90. The van der Waals surface area contributed by atoms with Gasteiger partial charge in [0.2, 0.25) is 5.91 Å². The first-order valence-electron chi connectivity index (χ1n) is 5.05. The highest BCUT2D eigenvalue weighted by Gasteiger charge is 1.97. The highest BCUT2D eigenvalue weighted by molar-refractivity contribution is 5.91. The summed E-state index contributed by atoms with van der Waals surface area (Å²) in [6.07, 6.45) is 3.02. The van der Waals surface area contributed by atoms with Crippen molar-refractivity contribution in [2.24, 2.45) is 5.73 Å². The Kier molecular flexibility index (Phi) is 4.66. The molecule has 0 fully saturated rings. The van der Waals surface area contributed by atoms with Crippen molar-refractivity contribution in [1.29, 1.82) is 0 Å². The van der Waals surface area contributed by atoms with Crippen LogP contribution in [0.1, 0.15) is 12.5 Å². The third-order valence-electron chi connectivity index (χ3n) is 1.90. The van der Waals surface area contributed by atoms with Gasteiger partial charge >= 0.3 is 0 Å². The molecule has 4 heteroatoms. The smallest absolute Gasteiger partial charge is 0.244 e. The maximum Gasteiger partial charge on any atom is 0.244 e. The summed E-state index contributed by atoms with van der Waals surface area (Å²) in [6, 6.07) is 5.83. The summed E-state index contributed by atoms with van der Waals surface area (Å²) >= 11 is 0. The van der Waals surface area contributed by atoms with Gasteiger partial charge in [0.1, 0.15) is 5.82 Å². The Labute approximate surface area is 94.1 Å². The Morgan fingerprint density at radius 1 is 1.50 bits per heavy atom. The molecule has 0 aliphatic rings. The van der Waals surface area contributed by atoms with Gasteiger partial charge in [-0.05, 0) is 30.7 Å². The standard InChI is InChI=1S/C12H15FN2O/c1-9(14)8-15-12(16)7-4-10-2-5-11(13)6-3-10/h2-7,9H,8,14H2,1H3,(H,15,16). The average Bonchev–Trinajstić information content (AvgIpc) is 2.25. The first-order valence-corrected chi connectivity index (χ1v) is 5.05. The minimum Gasteiger partial charge on any atom is -0.351 e. The first kappa shape index (κ1) is 12.4. The summed E-state index contributed by atoms with van der Waals surface area (Å²) in [4.78, 5) is 11.3. The normalized spacial score (nSPS) is 12.7. The molecule has 1 unspecified atom stereocenters. The van der Waals surface area contributed by atoms with Gasteiger partial charge in [-0.25, -0.2) is 4.39 Å². The molecule has 0 saturated carbocycles. The Morgan fingerprint density at radius 3 is 2.69 bits per heavy atom. The Bertz CT molecular complexity index is 371. The monoisotopic (exact) mass is 222 g/mol. The van der Waals surface area contributed by atoms with Gasteiger partial charge in [0.25, 0.3) is 0 Å². The largest absolute Gasteiger partial charge is 0.351 e. The maximum atomic E-state index is 12.6. The van der Waals surface area contributed by atoms with Gasteiger partial charge in [-0.15, -0.1) is 0 Å². The summed E-state index contributed by atoms with van der Waals surface area (Å²) < 4.78 is 12.6. The fourth-order valence-corrected chi connectivity index (χ4v) is 1.07. The zero-order valence-electron chi connectivity index (χ0n) is 9.11. The molecule has 0 bridgehead atoms. The number of amides is 1. The lowest BCUT2D eigenvalue weighted by Gasteiger charge is -2.04. The highest BCUT2D eigenvalue weighted by Crippen LogP contribution is 2.04. The van der Waals surface area contributed by atoms with E-state index >= 15 is 0 Å². The molecule has 0 aliphatic heterocycles. The number of carbonyl (C=O) groups is 1. The summed E-state index contributed by atoms with van der Waals surface area (Å²) in [5.41, 5.74) is 6.26. The highest BCUT2D eigenvalue weighted by atomic mass is 19.1. The van der Waals surface area contributed by atoms with Crippen LogP contribution in [0.25, 0.3) is 6.08 Å². The van der Waals surface area contributed by atoms with Crippen LogP contribution in [0.15, 0.2) is 30.3 Å². The van der Waals surface area contributed by atoms with E-state index in [-0.39, 0.29) is 17.8 Å². The molecule has 0 radical (unpaired) electrons. The zero-order valence-corrected chi connectivity index (χ0v) is 9.11. The fraction of sp³-hybridized carbons (Fsp3) is 0.250. The molecule has 0 aliphatic carbocycles. The molecule has 0 heterocycles. The van der Waals surface area contributed by atoms with Crippen molar-refractivity contribution in [1.82, 2.24) is 5.32 Å². The van der Waals surface area contributed by atoms with Crippen molar-refractivity contribution < 1.29 is 9.18 Å². The second-order valence-electron chi connectivity index (χ2n) is 3.61. The number of nitrogens with two attached hydrogens (primary N) is 1. The molecule has 1 aromatic rings. The number of hydrogen-bond donors (Lipinski definition) is 2. The SMILES string of the molecule is CC(N)CNC(=O)C=Cc1ccc(F)cc1. The lowest BCUT2D eigenvalue weighted by atomic mass is 10.2. The van der Waals surface area contributed by atoms with E-state index < -0.39 is 0 Å². The third kappa shape index (κ3) is 4.70. The van der Waals surface area contributed by atoms with Crippen LogP contribution in [-0.4, -0.2) is 18.5 Å². The predicted molar refractivity (Wildman–Crippen MR) is 62.1 cm³/mol. The topological polar surface area (TPSA) is 55.1 Å². The van der Waals surface area contributed by atoms with E-state index in [1.54, 1.807) is 18.2 Å². The Hall–Kier alpha value is -1.68. The number of benzene rings is 1. The molecule has 1 rings (SSSR count). The molecular formula is C12H15FN2O. The number of nitrogens with one attached hydrogen (secondary N) is 1. The van der Waals surface area contributed by atoms with E-state index in [9.17, 15) is 9.18 Å². The zero-order chi connectivity index (χ0) is 12.0. The minimum atomic E-state index is -0.293. The van der Waals surface area contributed by atoms with Gasteiger partial charge in [0, 0.05) is 18.7 Å². The number of rotatable bonds is 4. The molecule has 0 spiro atoms. The lowest BCUT2D eigenvalue weighted by Crippen LogP contribution is -2.34. The van der Waals surface area contributed by atoms with E-state index in [4.69, 9.17) is 5.73 Å². The molecule has 0 aromatic heterocycles. The van der Waals surface area contributed by atoms with Crippen LogP contribution < -0.4 is 11.1 Å². The molecule has 0 saturated heterocycles. The van der Waals surface area contributed by atoms with E-state index in [0.29, 0.717) is 6.54 Å². The van der Waals surface area contributed by atoms with Crippen LogP contribution in [0.5, 0.6) is 0 Å². The van der Waals surface area contributed by atoms with Crippen molar-refractivity contribution in [3.8, 4) is 0 Å². The van der Waals surface area contributed by atoms with E-state index in [0.717, 1.165) is 5.56 Å².